The Balaban J connectivity index is 1.65. The predicted molar refractivity (Wildman–Crippen MR) is 106 cm³/mol. The van der Waals surface area contributed by atoms with Gasteiger partial charge in [-0.2, -0.15) is 5.10 Å². The third kappa shape index (κ3) is 4.84. The van der Waals surface area contributed by atoms with Crippen LogP contribution in [-0.4, -0.2) is 39.0 Å². The number of hydrogen-bond acceptors (Lipinski definition) is 7. The molecule has 0 unspecified atom stereocenters. The van der Waals surface area contributed by atoms with Crippen molar-refractivity contribution in [3.05, 3.63) is 59.1 Å². The van der Waals surface area contributed by atoms with Crippen LogP contribution in [0.5, 0.6) is 11.5 Å². The SMILES string of the molecule is COc1ccc(S(=O)(=O)NCCCn2nc(-c3ccco3)ccc2=O)c(OC)c1. The van der Waals surface area contributed by atoms with Gasteiger partial charge < -0.3 is 13.9 Å². The van der Waals surface area contributed by atoms with Crippen LogP contribution in [0.25, 0.3) is 11.5 Å². The minimum absolute atomic E-state index is 0.0101. The summed E-state index contributed by atoms with van der Waals surface area (Å²) in [5, 5.41) is 4.25. The first kappa shape index (κ1) is 20.6. The van der Waals surface area contributed by atoms with E-state index in [-0.39, 0.29) is 29.3 Å². The molecule has 0 aliphatic heterocycles. The smallest absolute Gasteiger partial charge is 0.266 e. The number of nitrogens with zero attached hydrogens (tertiary/aromatic N) is 2. The van der Waals surface area contributed by atoms with Crippen LogP contribution in [-0.2, 0) is 16.6 Å². The molecule has 0 saturated carbocycles. The molecule has 3 aromatic rings. The number of rotatable bonds is 9. The Morgan fingerprint density at radius 1 is 1.14 bits per heavy atom. The van der Waals surface area contributed by atoms with Crippen LogP contribution < -0.4 is 19.8 Å². The highest BCUT2D eigenvalue weighted by molar-refractivity contribution is 7.89. The van der Waals surface area contributed by atoms with E-state index < -0.39 is 10.0 Å². The van der Waals surface area contributed by atoms with Crippen LogP contribution in [0, 0.1) is 0 Å². The van der Waals surface area contributed by atoms with E-state index in [2.05, 4.69) is 9.82 Å². The van der Waals surface area contributed by atoms with Gasteiger partial charge in [0.05, 0.1) is 20.5 Å². The van der Waals surface area contributed by atoms with E-state index in [0.717, 1.165) is 0 Å². The van der Waals surface area contributed by atoms with Crippen LogP contribution in [0.2, 0.25) is 0 Å². The van der Waals surface area contributed by atoms with Gasteiger partial charge in [0.25, 0.3) is 5.56 Å². The monoisotopic (exact) mass is 419 g/mol. The average molecular weight is 419 g/mol. The number of ether oxygens (including phenoxy) is 2. The second-order valence-corrected chi connectivity index (χ2v) is 7.76. The normalized spacial score (nSPS) is 11.4. The fourth-order valence-corrected chi connectivity index (χ4v) is 3.90. The minimum atomic E-state index is -3.79. The third-order valence-electron chi connectivity index (χ3n) is 4.14. The molecule has 29 heavy (non-hydrogen) atoms. The number of nitrogens with one attached hydrogen (secondary N) is 1. The summed E-state index contributed by atoms with van der Waals surface area (Å²) < 4.78 is 44.4. The highest BCUT2D eigenvalue weighted by Crippen LogP contribution is 2.28. The van der Waals surface area contributed by atoms with Gasteiger partial charge in [-0.15, -0.1) is 0 Å². The quantitative estimate of drug-likeness (QED) is 0.527. The second kappa shape index (κ2) is 8.93. The largest absolute Gasteiger partial charge is 0.497 e. The Hall–Kier alpha value is -3.11. The Bertz CT molecular complexity index is 1120. The number of hydrogen-bond donors (Lipinski definition) is 1. The van der Waals surface area contributed by atoms with E-state index in [1.165, 1.54) is 43.4 Å². The standard InChI is InChI=1S/C19H21N3O6S/c1-26-14-6-8-18(17(13-14)27-2)29(24,25)20-10-4-11-22-19(23)9-7-15(21-22)16-5-3-12-28-16/h3,5-9,12-13,20H,4,10-11H2,1-2H3. The van der Waals surface area contributed by atoms with Crippen molar-refractivity contribution in [3.8, 4) is 23.0 Å². The van der Waals surface area contributed by atoms with Crippen molar-refractivity contribution in [2.75, 3.05) is 20.8 Å². The van der Waals surface area contributed by atoms with Gasteiger partial charge in [-0.05, 0) is 36.8 Å². The summed E-state index contributed by atoms with van der Waals surface area (Å²) in [6.07, 6.45) is 1.89. The van der Waals surface area contributed by atoms with Crippen molar-refractivity contribution in [2.45, 2.75) is 17.9 Å². The summed E-state index contributed by atoms with van der Waals surface area (Å²) in [4.78, 5) is 12.0. The lowest BCUT2D eigenvalue weighted by atomic mass is 10.3. The maximum absolute atomic E-state index is 12.6. The molecule has 154 valence electrons. The Morgan fingerprint density at radius 2 is 1.97 bits per heavy atom. The number of aromatic nitrogens is 2. The topological polar surface area (TPSA) is 113 Å². The lowest BCUT2D eigenvalue weighted by Crippen LogP contribution is -2.28. The van der Waals surface area contributed by atoms with Gasteiger partial charge in [0, 0.05) is 25.2 Å². The molecule has 0 aliphatic rings. The molecule has 10 heteroatoms. The molecule has 0 spiro atoms. The number of aryl methyl sites for hydroxylation is 1. The zero-order valence-corrected chi connectivity index (χ0v) is 16.8. The van der Waals surface area contributed by atoms with E-state index in [1.807, 2.05) is 0 Å². The lowest BCUT2D eigenvalue weighted by molar-refractivity contribution is 0.386. The number of benzene rings is 1. The van der Waals surface area contributed by atoms with E-state index in [0.29, 0.717) is 23.6 Å². The first-order valence-electron chi connectivity index (χ1n) is 8.78. The number of methoxy groups -OCH3 is 2. The molecule has 0 amide bonds. The second-order valence-electron chi connectivity index (χ2n) is 6.03. The summed E-state index contributed by atoms with van der Waals surface area (Å²) in [6, 6.07) is 10.9. The molecular weight excluding hydrogens is 398 g/mol. The first-order valence-corrected chi connectivity index (χ1v) is 10.3. The van der Waals surface area contributed by atoms with Gasteiger partial charge in [0.1, 0.15) is 22.1 Å². The van der Waals surface area contributed by atoms with E-state index in [4.69, 9.17) is 13.9 Å². The van der Waals surface area contributed by atoms with Crippen LogP contribution >= 0.6 is 0 Å². The molecule has 2 heterocycles. The van der Waals surface area contributed by atoms with Crippen molar-refractivity contribution in [1.82, 2.24) is 14.5 Å². The van der Waals surface area contributed by atoms with E-state index in [9.17, 15) is 13.2 Å². The van der Waals surface area contributed by atoms with Gasteiger partial charge in [0.2, 0.25) is 10.0 Å². The summed E-state index contributed by atoms with van der Waals surface area (Å²) >= 11 is 0. The highest BCUT2D eigenvalue weighted by Gasteiger charge is 2.19. The van der Waals surface area contributed by atoms with Crippen molar-refractivity contribution in [3.63, 3.8) is 0 Å². The van der Waals surface area contributed by atoms with Crippen molar-refractivity contribution in [2.24, 2.45) is 0 Å². The maximum atomic E-state index is 12.6. The molecule has 0 radical (unpaired) electrons. The third-order valence-corrected chi connectivity index (χ3v) is 5.64. The fraction of sp³-hybridized carbons (Fsp3) is 0.263. The van der Waals surface area contributed by atoms with Crippen molar-refractivity contribution >= 4 is 10.0 Å². The molecule has 2 aromatic heterocycles. The summed E-state index contributed by atoms with van der Waals surface area (Å²) in [7, 11) is -0.919. The predicted octanol–water partition coefficient (Wildman–Crippen LogP) is 1.89. The summed E-state index contributed by atoms with van der Waals surface area (Å²) in [5.41, 5.74) is 0.248. The minimum Gasteiger partial charge on any atom is -0.497 e. The summed E-state index contributed by atoms with van der Waals surface area (Å²) in [6.45, 7) is 0.367. The van der Waals surface area contributed by atoms with E-state index >= 15 is 0 Å². The zero-order chi connectivity index (χ0) is 20.9. The van der Waals surface area contributed by atoms with Gasteiger partial charge in [-0.1, -0.05) is 0 Å². The fourth-order valence-electron chi connectivity index (χ4n) is 2.67. The van der Waals surface area contributed by atoms with E-state index in [1.54, 1.807) is 24.3 Å². The first-order chi connectivity index (χ1) is 13.9. The zero-order valence-electron chi connectivity index (χ0n) is 16.0. The van der Waals surface area contributed by atoms with Crippen LogP contribution in [0.4, 0.5) is 0 Å². The van der Waals surface area contributed by atoms with Gasteiger partial charge in [-0.25, -0.2) is 17.8 Å². The highest BCUT2D eigenvalue weighted by atomic mass is 32.2. The average Bonchev–Trinajstić information content (AvgIpc) is 3.26. The molecule has 3 rings (SSSR count). The van der Waals surface area contributed by atoms with Crippen molar-refractivity contribution < 1.29 is 22.3 Å². The molecule has 9 nitrogen and oxygen atoms in total. The number of furan rings is 1. The molecule has 0 bridgehead atoms. The molecule has 0 fully saturated rings. The van der Waals surface area contributed by atoms with Crippen LogP contribution in [0.3, 0.4) is 0 Å². The van der Waals surface area contributed by atoms with Crippen molar-refractivity contribution in [1.29, 1.82) is 0 Å². The molecule has 0 saturated heterocycles. The van der Waals surface area contributed by atoms with Crippen LogP contribution in [0.15, 0.2) is 62.8 Å². The lowest BCUT2D eigenvalue weighted by Gasteiger charge is -2.12. The Morgan fingerprint density at radius 3 is 2.66 bits per heavy atom. The van der Waals surface area contributed by atoms with Gasteiger partial charge >= 0.3 is 0 Å². The number of sulfonamides is 1. The molecule has 0 atom stereocenters. The molecule has 1 aromatic carbocycles. The molecule has 1 N–H and O–H groups in total. The Kier molecular flexibility index (Phi) is 6.35. The summed E-state index contributed by atoms with van der Waals surface area (Å²) in [5.74, 6) is 1.22. The van der Waals surface area contributed by atoms with Gasteiger partial charge in [-0.3, -0.25) is 4.79 Å². The Labute approximate surface area is 167 Å². The van der Waals surface area contributed by atoms with Gasteiger partial charge in [0.15, 0.2) is 5.76 Å². The maximum Gasteiger partial charge on any atom is 0.266 e. The molecular formula is C19H21N3O6S. The molecule has 0 aliphatic carbocycles. The van der Waals surface area contributed by atoms with Crippen LogP contribution in [0.1, 0.15) is 6.42 Å².